The van der Waals surface area contributed by atoms with Crippen LogP contribution in [0, 0.1) is 13.8 Å². The van der Waals surface area contributed by atoms with E-state index in [0.29, 0.717) is 22.7 Å². The number of methoxy groups -OCH3 is 1. The summed E-state index contributed by atoms with van der Waals surface area (Å²) in [7, 11) is -2.43. The van der Waals surface area contributed by atoms with E-state index in [1.165, 1.54) is 13.2 Å². The number of sulfonamides is 1. The third kappa shape index (κ3) is 4.70. The molecule has 0 bridgehead atoms. The van der Waals surface area contributed by atoms with Crippen molar-refractivity contribution in [1.29, 1.82) is 0 Å². The Labute approximate surface area is 192 Å². The van der Waals surface area contributed by atoms with Crippen LogP contribution in [0.3, 0.4) is 0 Å². The van der Waals surface area contributed by atoms with Gasteiger partial charge in [0.2, 0.25) is 5.91 Å². The number of nitrogens with one attached hydrogen (secondary N) is 3. The number of ether oxygens (including phenoxy) is 1. The Balaban J connectivity index is 1.56. The van der Waals surface area contributed by atoms with E-state index < -0.39 is 10.0 Å². The zero-order valence-corrected chi connectivity index (χ0v) is 19.4. The number of H-pyrrole nitrogens is 1. The number of benzene rings is 3. The van der Waals surface area contributed by atoms with Crippen LogP contribution in [0.2, 0.25) is 0 Å². The Kier molecular flexibility index (Phi) is 6.11. The van der Waals surface area contributed by atoms with Crippen molar-refractivity contribution in [1.82, 2.24) is 4.98 Å². The number of aromatic nitrogens is 1. The molecule has 0 aliphatic heterocycles. The summed E-state index contributed by atoms with van der Waals surface area (Å²) in [6.07, 6.45) is 2.00. The van der Waals surface area contributed by atoms with Gasteiger partial charge in [0.25, 0.3) is 10.0 Å². The van der Waals surface area contributed by atoms with Crippen LogP contribution in [-0.4, -0.2) is 26.4 Å². The van der Waals surface area contributed by atoms with E-state index in [2.05, 4.69) is 15.0 Å². The van der Waals surface area contributed by atoms with Gasteiger partial charge in [-0.2, -0.15) is 0 Å². The number of anilines is 2. The van der Waals surface area contributed by atoms with Crippen molar-refractivity contribution in [3.8, 4) is 5.75 Å². The minimum Gasteiger partial charge on any atom is -0.495 e. The summed E-state index contributed by atoms with van der Waals surface area (Å²) in [5.74, 6) is 0.182. The van der Waals surface area contributed by atoms with Crippen LogP contribution in [0.25, 0.3) is 10.9 Å². The molecule has 1 heterocycles. The molecule has 4 aromatic rings. The van der Waals surface area contributed by atoms with Crippen molar-refractivity contribution in [2.75, 3.05) is 17.1 Å². The predicted molar refractivity (Wildman–Crippen MR) is 130 cm³/mol. The Morgan fingerprint density at radius 3 is 2.58 bits per heavy atom. The lowest BCUT2D eigenvalue weighted by atomic mass is 10.1. The largest absolute Gasteiger partial charge is 0.495 e. The second-order valence-electron chi connectivity index (χ2n) is 7.82. The van der Waals surface area contributed by atoms with Gasteiger partial charge in [0, 0.05) is 22.8 Å². The Morgan fingerprint density at radius 2 is 1.79 bits per heavy atom. The molecular formula is C25H25N3O4S. The predicted octanol–water partition coefficient (Wildman–Crippen LogP) is 4.78. The molecule has 3 aromatic carbocycles. The topological polar surface area (TPSA) is 100 Å². The number of carbonyl (C=O) groups excluding carboxylic acids is 1. The van der Waals surface area contributed by atoms with Crippen LogP contribution in [0.15, 0.2) is 71.8 Å². The number of para-hydroxylation sites is 2. The van der Waals surface area contributed by atoms with Crippen LogP contribution in [0.5, 0.6) is 5.75 Å². The quantitative estimate of drug-likeness (QED) is 0.367. The standard InChI is InChI=1S/C25H25N3O4S/c1-16-11-12-19(14-23(16)33(30,31)28-20-8-4-5-10-22(20)32-3)27-24(29)13-18-15-26-21-9-6-7-17(2)25(18)21/h4-12,14-15,26,28H,13H2,1-3H3,(H,27,29). The van der Waals surface area contributed by atoms with Crippen molar-refractivity contribution < 1.29 is 17.9 Å². The summed E-state index contributed by atoms with van der Waals surface area (Å²) in [5, 5.41) is 3.85. The monoisotopic (exact) mass is 463 g/mol. The molecule has 0 unspecified atom stereocenters. The van der Waals surface area contributed by atoms with Gasteiger partial charge in [-0.1, -0.05) is 30.3 Å². The molecule has 0 aliphatic rings. The molecule has 8 heteroatoms. The maximum Gasteiger partial charge on any atom is 0.262 e. The molecule has 0 spiro atoms. The van der Waals surface area contributed by atoms with Crippen molar-refractivity contribution in [2.45, 2.75) is 25.2 Å². The summed E-state index contributed by atoms with van der Waals surface area (Å²) < 4.78 is 34.0. The first kappa shape index (κ1) is 22.4. The fourth-order valence-electron chi connectivity index (χ4n) is 3.86. The summed E-state index contributed by atoms with van der Waals surface area (Å²) in [5.41, 5.74) is 4.25. The number of fused-ring (bicyclic) bond motifs is 1. The number of rotatable bonds is 7. The van der Waals surface area contributed by atoms with Gasteiger partial charge in [-0.15, -0.1) is 0 Å². The van der Waals surface area contributed by atoms with Crippen LogP contribution in [-0.2, 0) is 21.2 Å². The molecule has 0 saturated carbocycles. The summed E-state index contributed by atoms with van der Waals surface area (Å²) in [6.45, 7) is 3.71. The third-order valence-electron chi connectivity index (χ3n) is 5.46. The summed E-state index contributed by atoms with van der Waals surface area (Å²) in [6, 6.07) is 17.5. The smallest absolute Gasteiger partial charge is 0.262 e. The molecule has 4 rings (SSSR count). The van der Waals surface area contributed by atoms with E-state index in [4.69, 9.17) is 4.74 Å². The van der Waals surface area contributed by atoms with Gasteiger partial charge >= 0.3 is 0 Å². The lowest BCUT2D eigenvalue weighted by molar-refractivity contribution is -0.115. The van der Waals surface area contributed by atoms with E-state index in [0.717, 1.165) is 22.0 Å². The highest BCUT2D eigenvalue weighted by Gasteiger charge is 2.20. The van der Waals surface area contributed by atoms with E-state index >= 15 is 0 Å². The number of hydrogen-bond donors (Lipinski definition) is 3. The van der Waals surface area contributed by atoms with Crippen LogP contribution < -0.4 is 14.8 Å². The van der Waals surface area contributed by atoms with E-state index in [9.17, 15) is 13.2 Å². The normalized spacial score (nSPS) is 11.4. The van der Waals surface area contributed by atoms with E-state index in [1.807, 2.05) is 31.3 Å². The van der Waals surface area contributed by atoms with Gasteiger partial charge in [0.05, 0.1) is 24.1 Å². The molecule has 0 radical (unpaired) electrons. The fraction of sp³-hybridized carbons (Fsp3) is 0.160. The van der Waals surface area contributed by atoms with E-state index in [1.54, 1.807) is 43.3 Å². The molecule has 170 valence electrons. The Morgan fingerprint density at radius 1 is 1.00 bits per heavy atom. The van der Waals surface area contributed by atoms with Gasteiger partial charge in [-0.25, -0.2) is 8.42 Å². The van der Waals surface area contributed by atoms with Gasteiger partial charge in [0.15, 0.2) is 0 Å². The second kappa shape index (κ2) is 8.99. The van der Waals surface area contributed by atoms with Crippen LogP contribution >= 0.6 is 0 Å². The number of aryl methyl sites for hydroxylation is 2. The number of amides is 1. The van der Waals surface area contributed by atoms with Crippen molar-refractivity contribution >= 4 is 38.2 Å². The first-order chi connectivity index (χ1) is 15.8. The van der Waals surface area contributed by atoms with Crippen LogP contribution in [0.4, 0.5) is 11.4 Å². The molecule has 0 fully saturated rings. The third-order valence-corrected chi connectivity index (χ3v) is 6.97. The average molecular weight is 464 g/mol. The first-order valence-corrected chi connectivity index (χ1v) is 11.9. The fourth-order valence-corrected chi connectivity index (χ4v) is 5.21. The lowest BCUT2D eigenvalue weighted by Gasteiger charge is -2.14. The van der Waals surface area contributed by atoms with Crippen molar-refractivity contribution in [2.24, 2.45) is 0 Å². The number of aromatic amines is 1. The minimum atomic E-state index is -3.91. The van der Waals surface area contributed by atoms with Crippen molar-refractivity contribution in [3.63, 3.8) is 0 Å². The second-order valence-corrected chi connectivity index (χ2v) is 9.47. The summed E-state index contributed by atoms with van der Waals surface area (Å²) in [4.78, 5) is 16.0. The molecule has 3 N–H and O–H groups in total. The number of carbonyl (C=O) groups is 1. The van der Waals surface area contributed by atoms with E-state index in [-0.39, 0.29) is 17.2 Å². The highest BCUT2D eigenvalue weighted by Crippen LogP contribution is 2.28. The molecule has 0 atom stereocenters. The van der Waals surface area contributed by atoms with Gasteiger partial charge in [0.1, 0.15) is 5.75 Å². The molecule has 0 aliphatic carbocycles. The molecule has 7 nitrogen and oxygen atoms in total. The highest BCUT2D eigenvalue weighted by atomic mass is 32.2. The average Bonchev–Trinajstić information content (AvgIpc) is 3.19. The van der Waals surface area contributed by atoms with Gasteiger partial charge < -0.3 is 15.0 Å². The SMILES string of the molecule is COc1ccccc1NS(=O)(=O)c1cc(NC(=O)Cc2c[nH]c3cccc(C)c23)ccc1C. The molecule has 1 aromatic heterocycles. The van der Waals surface area contributed by atoms with Gasteiger partial charge in [-0.05, 0) is 60.9 Å². The van der Waals surface area contributed by atoms with Crippen molar-refractivity contribution in [3.05, 3.63) is 83.6 Å². The molecule has 33 heavy (non-hydrogen) atoms. The van der Waals surface area contributed by atoms with Gasteiger partial charge in [-0.3, -0.25) is 9.52 Å². The maximum atomic E-state index is 13.1. The zero-order valence-electron chi connectivity index (χ0n) is 18.6. The lowest BCUT2D eigenvalue weighted by Crippen LogP contribution is -2.17. The summed E-state index contributed by atoms with van der Waals surface area (Å²) >= 11 is 0. The Bertz CT molecular complexity index is 1440. The molecule has 0 saturated heterocycles. The highest BCUT2D eigenvalue weighted by molar-refractivity contribution is 7.92. The molecular weight excluding hydrogens is 438 g/mol. The minimum absolute atomic E-state index is 0.0779. The Hall–Kier alpha value is -3.78. The zero-order chi connectivity index (χ0) is 23.6. The molecule has 1 amide bonds. The van der Waals surface area contributed by atoms with Crippen LogP contribution in [0.1, 0.15) is 16.7 Å². The maximum absolute atomic E-state index is 13.1. The number of hydrogen-bond acceptors (Lipinski definition) is 4. The first-order valence-electron chi connectivity index (χ1n) is 10.4.